The summed E-state index contributed by atoms with van der Waals surface area (Å²) in [7, 11) is 1.61. The van der Waals surface area contributed by atoms with Gasteiger partial charge in [0.2, 0.25) is 5.88 Å². The normalized spacial score (nSPS) is 17.5. The zero-order valence-corrected chi connectivity index (χ0v) is 8.64. The molecule has 0 amide bonds. The van der Waals surface area contributed by atoms with E-state index in [1.54, 1.807) is 13.3 Å². The van der Waals surface area contributed by atoms with Crippen molar-refractivity contribution in [3.63, 3.8) is 0 Å². The summed E-state index contributed by atoms with van der Waals surface area (Å²) in [6, 6.07) is 0. The van der Waals surface area contributed by atoms with Gasteiger partial charge in [-0.3, -0.25) is 4.98 Å². The molecule has 1 aliphatic rings. The van der Waals surface area contributed by atoms with Crippen LogP contribution in [0.4, 0.5) is 0 Å². The van der Waals surface area contributed by atoms with E-state index in [1.807, 2.05) is 0 Å². The van der Waals surface area contributed by atoms with Crippen LogP contribution < -0.4 is 4.74 Å². The van der Waals surface area contributed by atoms with Gasteiger partial charge in [0.05, 0.1) is 24.7 Å². The SMILES string of the molecule is COCCOc1cnc(C2(O)CC2)cn1. The summed E-state index contributed by atoms with van der Waals surface area (Å²) >= 11 is 0. The van der Waals surface area contributed by atoms with Gasteiger partial charge >= 0.3 is 0 Å². The van der Waals surface area contributed by atoms with Crippen molar-refractivity contribution < 1.29 is 14.6 Å². The Morgan fingerprint density at radius 3 is 2.67 bits per heavy atom. The van der Waals surface area contributed by atoms with Gasteiger partial charge in [-0.1, -0.05) is 0 Å². The minimum atomic E-state index is -0.724. The Bertz CT molecular complexity index is 322. The van der Waals surface area contributed by atoms with Gasteiger partial charge in [0, 0.05) is 7.11 Å². The van der Waals surface area contributed by atoms with Gasteiger partial charge in [-0.2, -0.15) is 0 Å². The van der Waals surface area contributed by atoms with E-state index < -0.39 is 5.60 Å². The molecule has 0 atom stereocenters. The molecule has 5 nitrogen and oxygen atoms in total. The fourth-order valence-electron chi connectivity index (χ4n) is 1.24. The molecular weight excluding hydrogens is 196 g/mol. The molecule has 0 aliphatic heterocycles. The third-order valence-electron chi connectivity index (χ3n) is 2.37. The largest absolute Gasteiger partial charge is 0.474 e. The number of aliphatic hydroxyl groups is 1. The molecule has 1 heterocycles. The summed E-state index contributed by atoms with van der Waals surface area (Å²) in [5.74, 6) is 0.458. The third kappa shape index (κ3) is 2.43. The summed E-state index contributed by atoms with van der Waals surface area (Å²) in [5.41, 5.74) is -0.0977. The Morgan fingerprint density at radius 1 is 1.33 bits per heavy atom. The number of hydrogen-bond donors (Lipinski definition) is 1. The molecule has 0 spiro atoms. The maximum Gasteiger partial charge on any atom is 0.232 e. The maximum absolute atomic E-state index is 9.74. The monoisotopic (exact) mass is 210 g/mol. The lowest BCUT2D eigenvalue weighted by atomic mass is 10.2. The molecular formula is C10H14N2O3. The van der Waals surface area contributed by atoms with Gasteiger partial charge in [0.1, 0.15) is 12.2 Å². The van der Waals surface area contributed by atoms with Crippen molar-refractivity contribution in [1.29, 1.82) is 0 Å². The average Bonchev–Trinajstić information content (AvgIpc) is 2.99. The van der Waals surface area contributed by atoms with E-state index in [1.165, 1.54) is 6.20 Å². The van der Waals surface area contributed by atoms with Crippen LogP contribution in [-0.4, -0.2) is 35.4 Å². The highest BCUT2D eigenvalue weighted by atomic mass is 16.5. The number of rotatable bonds is 5. The Kier molecular flexibility index (Phi) is 2.83. The molecule has 0 aromatic carbocycles. The van der Waals surface area contributed by atoms with Crippen molar-refractivity contribution in [1.82, 2.24) is 9.97 Å². The summed E-state index contributed by atoms with van der Waals surface area (Å²) in [5, 5.41) is 9.74. The molecule has 1 saturated carbocycles. The molecule has 2 rings (SSSR count). The molecule has 0 saturated heterocycles. The molecule has 1 fully saturated rings. The predicted octanol–water partition coefficient (Wildman–Crippen LogP) is 0.483. The van der Waals surface area contributed by atoms with Crippen LogP contribution >= 0.6 is 0 Å². The molecule has 0 bridgehead atoms. The number of hydrogen-bond acceptors (Lipinski definition) is 5. The average molecular weight is 210 g/mol. The summed E-state index contributed by atoms with van der Waals surface area (Å²) in [6.45, 7) is 0.974. The van der Waals surface area contributed by atoms with Crippen molar-refractivity contribution >= 4 is 0 Å². The van der Waals surface area contributed by atoms with Crippen LogP contribution in [0.5, 0.6) is 5.88 Å². The minimum absolute atomic E-state index is 0.453. The standard InChI is InChI=1S/C10H14N2O3/c1-14-4-5-15-9-7-11-8(6-12-9)10(13)2-3-10/h6-7,13H,2-5H2,1H3. The van der Waals surface area contributed by atoms with E-state index in [4.69, 9.17) is 9.47 Å². The zero-order valence-electron chi connectivity index (χ0n) is 8.64. The quantitative estimate of drug-likeness (QED) is 0.716. The number of methoxy groups -OCH3 is 1. The van der Waals surface area contributed by atoms with Gasteiger partial charge < -0.3 is 14.6 Å². The second kappa shape index (κ2) is 4.12. The molecule has 0 unspecified atom stereocenters. The zero-order chi connectivity index (χ0) is 10.7. The van der Waals surface area contributed by atoms with Crippen LogP contribution in [0.2, 0.25) is 0 Å². The highest BCUT2D eigenvalue weighted by molar-refractivity contribution is 5.18. The smallest absolute Gasteiger partial charge is 0.232 e. The predicted molar refractivity (Wildman–Crippen MR) is 52.5 cm³/mol. The van der Waals surface area contributed by atoms with Crippen molar-refractivity contribution in [2.45, 2.75) is 18.4 Å². The van der Waals surface area contributed by atoms with Crippen molar-refractivity contribution in [2.24, 2.45) is 0 Å². The second-order valence-electron chi connectivity index (χ2n) is 3.61. The number of nitrogens with zero attached hydrogens (tertiary/aromatic N) is 2. The second-order valence-corrected chi connectivity index (χ2v) is 3.61. The molecule has 1 N–H and O–H groups in total. The van der Waals surface area contributed by atoms with Crippen molar-refractivity contribution in [3.05, 3.63) is 18.1 Å². The lowest BCUT2D eigenvalue weighted by Gasteiger charge is -2.07. The minimum Gasteiger partial charge on any atom is -0.474 e. The first kappa shape index (κ1) is 10.3. The van der Waals surface area contributed by atoms with Crippen LogP contribution in [-0.2, 0) is 10.3 Å². The summed E-state index contributed by atoms with van der Waals surface area (Å²) in [6.07, 6.45) is 4.63. The van der Waals surface area contributed by atoms with Crippen molar-refractivity contribution in [3.8, 4) is 5.88 Å². The van der Waals surface area contributed by atoms with E-state index in [0.717, 1.165) is 12.8 Å². The van der Waals surface area contributed by atoms with Crippen molar-refractivity contribution in [2.75, 3.05) is 20.3 Å². The Hall–Kier alpha value is -1.20. The number of ether oxygens (including phenoxy) is 2. The van der Waals surface area contributed by atoms with Crippen LogP contribution in [0.15, 0.2) is 12.4 Å². The van der Waals surface area contributed by atoms with Crippen LogP contribution in [0.1, 0.15) is 18.5 Å². The van der Waals surface area contributed by atoms with Gasteiger partial charge in [0.25, 0.3) is 0 Å². The Morgan fingerprint density at radius 2 is 2.13 bits per heavy atom. The van der Waals surface area contributed by atoms with E-state index in [0.29, 0.717) is 24.8 Å². The van der Waals surface area contributed by atoms with E-state index in [2.05, 4.69) is 9.97 Å². The Labute approximate surface area is 88.1 Å². The fourth-order valence-corrected chi connectivity index (χ4v) is 1.24. The first-order chi connectivity index (χ1) is 7.24. The third-order valence-corrected chi connectivity index (χ3v) is 2.37. The highest BCUT2D eigenvalue weighted by Gasteiger charge is 2.43. The van der Waals surface area contributed by atoms with Crippen LogP contribution in [0.3, 0.4) is 0 Å². The molecule has 1 aromatic heterocycles. The summed E-state index contributed by atoms with van der Waals surface area (Å²) < 4.78 is 10.1. The lowest BCUT2D eigenvalue weighted by Crippen LogP contribution is -2.09. The maximum atomic E-state index is 9.74. The molecule has 82 valence electrons. The first-order valence-electron chi connectivity index (χ1n) is 4.91. The molecule has 1 aromatic rings. The van der Waals surface area contributed by atoms with Crippen LogP contribution in [0, 0.1) is 0 Å². The van der Waals surface area contributed by atoms with Gasteiger partial charge in [-0.05, 0) is 12.8 Å². The molecule has 0 radical (unpaired) electrons. The van der Waals surface area contributed by atoms with Gasteiger partial charge in [-0.25, -0.2) is 4.98 Å². The molecule has 1 aliphatic carbocycles. The first-order valence-corrected chi connectivity index (χ1v) is 4.91. The van der Waals surface area contributed by atoms with Gasteiger partial charge in [-0.15, -0.1) is 0 Å². The lowest BCUT2D eigenvalue weighted by molar-refractivity contribution is 0.139. The molecule has 15 heavy (non-hydrogen) atoms. The van der Waals surface area contributed by atoms with Crippen LogP contribution in [0.25, 0.3) is 0 Å². The van der Waals surface area contributed by atoms with E-state index in [9.17, 15) is 5.11 Å². The number of aromatic nitrogens is 2. The molecule has 5 heteroatoms. The van der Waals surface area contributed by atoms with E-state index >= 15 is 0 Å². The topological polar surface area (TPSA) is 64.5 Å². The van der Waals surface area contributed by atoms with Gasteiger partial charge in [0.15, 0.2) is 0 Å². The Balaban J connectivity index is 1.92. The van der Waals surface area contributed by atoms with E-state index in [-0.39, 0.29) is 0 Å². The highest BCUT2D eigenvalue weighted by Crippen LogP contribution is 2.43. The fraction of sp³-hybridized carbons (Fsp3) is 0.600. The summed E-state index contributed by atoms with van der Waals surface area (Å²) in [4.78, 5) is 8.17.